The summed E-state index contributed by atoms with van der Waals surface area (Å²) in [6, 6.07) is 3.77. The summed E-state index contributed by atoms with van der Waals surface area (Å²) in [6.07, 6.45) is 1.65. The van der Waals surface area contributed by atoms with Crippen LogP contribution in [0.2, 0.25) is 0 Å². The van der Waals surface area contributed by atoms with E-state index in [0.717, 1.165) is 37.9 Å². The van der Waals surface area contributed by atoms with E-state index in [2.05, 4.69) is 15.2 Å². The average molecular weight is 374 g/mol. The van der Waals surface area contributed by atoms with E-state index in [1.165, 1.54) is 11.8 Å². The molecular formula is C17H22N6O2S. The Balaban J connectivity index is 1.75. The highest BCUT2D eigenvalue weighted by Crippen LogP contribution is 2.24. The fraction of sp³-hybridized carbons (Fsp3) is 0.471. The van der Waals surface area contributed by atoms with Crippen molar-refractivity contribution in [2.45, 2.75) is 24.4 Å². The molecule has 0 aromatic carbocycles. The zero-order valence-corrected chi connectivity index (χ0v) is 15.8. The lowest BCUT2D eigenvalue weighted by Crippen LogP contribution is -2.44. The molecule has 4 rings (SSSR count). The Bertz CT molecular complexity index is 956. The Morgan fingerprint density at radius 3 is 2.81 bits per heavy atom. The van der Waals surface area contributed by atoms with Crippen molar-refractivity contribution in [3.8, 4) is 0 Å². The lowest BCUT2D eigenvalue weighted by Gasteiger charge is -2.28. The molecule has 3 aromatic rings. The van der Waals surface area contributed by atoms with Crippen LogP contribution in [-0.2, 0) is 19.3 Å². The van der Waals surface area contributed by atoms with Crippen LogP contribution in [0.4, 0.5) is 5.95 Å². The van der Waals surface area contributed by atoms with Crippen LogP contribution in [-0.4, -0.2) is 45.3 Å². The van der Waals surface area contributed by atoms with Gasteiger partial charge in [-0.1, -0.05) is 11.8 Å². The monoisotopic (exact) mass is 374 g/mol. The van der Waals surface area contributed by atoms with E-state index < -0.39 is 0 Å². The molecular weight excluding hydrogens is 352 g/mol. The first-order valence-electron chi connectivity index (χ1n) is 8.77. The zero-order chi connectivity index (χ0) is 18.1. The van der Waals surface area contributed by atoms with Crippen molar-refractivity contribution in [3.63, 3.8) is 0 Å². The van der Waals surface area contributed by atoms with E-state index in [-0.39, 0.29) is 5.56 Å². The molecule has 4 heterocycles. The third kappa shape index (κ3) is 3.01. The van der Waals surface area contributed by atoms with Crippen molar-refractivity contribution in [1.29, 1.82) is 0 Å². The third-order valence-electron chi connectivity index (χ3n) is 4.56. The summed E-state index contributed by atoms with van der Waals surface area (Å²) in [5, 5.41) is 3.99. The highest BCUT2D eigenvalue weighted by molar-refractivity contribution is 7.98. The number of hydrogen-bond donors (Lipinski definition) is 1. The molecule has 0 amide bonds. The molecule has 0 unspecified atom stereocenters. The fourth-order valence-electron chi connectivity index (χ4n) is 3.19. The van der Waals surface area contributed by atoms with Crippen LogP contribution in [0.15, 0.2) is 32.8 Å². The molecule has 1 N–H and O–H groups in total. The molecule has 8 nitrogen and oxygen atoms in total. The Morgan fingerprint density at radius 2 is 2.12 bits per heavy atom. The van der Waals surface area contributed by atoms with E-state index in [4.69, 9.17) is 9.40 Å². The van der Waals surface area contributed by atoms with Crippen molar-refractivity contribution in [2.75, 3.05) is 31.1 Å². The quantitative estimate of drug-likeness (QED) is 0.535. The van der Waals surface area contributed by atoms with Gasteiger partial charge in [-0.25, -0.2) is 4.98 Å². The Labute approximate surface area is 155 Å². The predicted molar refractivity (Wildman–Crippen MR) is 102 cm³/mol. The van der Waals surface area contributed by atoms with Crippen LogP contribution in [0, 0.1) is 0 Å². The maximum Gasteiger partial charge on any atom is 0.280 e. The molecule has 0 bridgehead atoms. The Morgan fingerprint density at radius 1 is 1.31 bits per heavy atom. The van der Waals surface area contributed by atoms with Crippen LogP contribution in [0.1, 0.15) is 12.7 Å². The highest BCUT2D eigenvalue weighted by atomic mass is 32.2. The number of nitrogens with one attached hydrogen (secondary N) is 1. The summed E-state index contributed by atoms with van der Waals surface area (Å²) >= 11 is 1.48. The summed E-state index contributed by atoms with van der Waals surface area (Å²) in [5.41, 5.74) is 1.03. The molecule has 0 saturated carbocycles. The Kier molecular flexibility index (Phi) is 4.73. The number of fused-ring (bicyclic) bond motifs is 1. The maximum absolute atomic E-state index is 13.0. The van der Waals surface area contributed by atoms with Crippen molar-refractivity contribution in [2.24, 2.45) is 7.05 Å². The van der Waals surface area contributed by atoms with Gasteiger partial charge in [-0.3, -0.25) is 9.36 Å². The van der Waals surface area contributed by atoms with Gasteiger partial charge in [0, 0.05) is 39.8 Å². The number of hydrogen-bond acceptors (Lipinski definition) is 7. The normalized spacial score (nSPS) is 15.1. The van der Waals surface area contributed by atoms with Gasteiger partial charge in [-0.05, 0) is 19.1 Å². The van der Waals surface area contributed by atoms with Crippen LogP contribution >= 0.6 is 11.8 Å². The molecule has 0 radical (unpaired) electrons. The van der Waals surface area contributed by atoms with Crippen LogP contribution in [0.25, 0.3) is 11.2 Å². The predicted octanol–water partition coefficient (Wildman–Crippen LogP) is 1.44. The van der Waals surface area contributed by atoms with E-state index in [0.29, 0.717) is 28.6 Å². The summed E-state index contributed by atoms with van der Waals surface area (Å²) in [6.45, 7) is 6.32. The number of rotatable bonds is 5. The first-order chi connectivity index (χ1) is 12.7. The number of piperazine rings is 1. The van der Waals surface area contributed by atoms with Gasteiger partial charge in [-0.2, -0.15) is 4.98 Å². The van der Waals surface area contributed by atoms with Gasteiger partial charge in [-0.15, -0.1) is 0 Å². The standard InChI is InChI=1S/C17H22N6O2S/c1-3-23-13-14(19-16(23)22-8-6-18-7-9-22)20-17(21(2)15(13)24)26-11-12-5-4-10-25-12/h4-5,10,18H,3,6-9,11H2,1-2H3. The van der Waals surface area contributed by atoms with Gasteiger partial charge in [0.1, 0.15) is 5.76 Å². The minimum absolute atomic E-state index is 0.0623. The average Bonchev–Trinajstić information content (AvgIpc) is 3.31. The van der Waals surface area contributed by atoms with Crippen LogP contribution in [0.3, 0.4) is 0 Å². The highest BCUT2D eigenvalue weighted by Gasteiger charge is 2.22. The van der Waals surface area contributed by atoms with Crippen molar-refractivity contribution >= 4 is 28.9 Å². The summed E-state index contributed by atoms with van der Waals surface area (Å²) < 4.78 is 8.95. The largest absolute Gasteiger partial charge is 0.468 e. The fourth-order valence-corrected chi connectivity index (χ4v) is 4.06. The summed E-state index contributed by atoms with van der Waals surface area (Å²) in [5.74, 6) is 2.31. The number of furan rings is 1. The van der Waals surface area contributed by atoms with Gasteiger partial charge in [0.25, 0.3) is 5.56 Å². The summed E-state index contributed by atoms with van der Waals surface area (Å²) in [4.78, 5) is 24.6. The number of imidazole rings is 1. The minimum Gasteiger partial charge on any atom is -0.468 e. The van der Waals surface area contributed by atoms with Gasteiger partial charge in [0.15, 0.2) is 16.3 Å². The second-order valence-electron chi connectivity index (χ2n) is 6.19. The van der Waals surface area contributed by atoms with E-state index in [1.54, 1.807) is 17.9 Å². The molecule has 3 aromatic heterocycles. The molecule has 9 heteroatoms. The maximum atomic E-state index is 13.0. The number of aryl methyl sites for hydroxylation is 1. The van der Waals surface area contributed by atoms with Gasteiger partial charge in [0.05, 0.1) is 12.0 Å². The number of anilines is 1. The topological polar surface area (TPSA) is 81.1 Å². The molecule has 1 fully saturated rings. The third-order valence-corrected chi connectivity index (χ3v) is 5.62. The molecule has 0 spiro atoms. The minimum atomic E-state index is -0.0623. The van der Waals surface area contributed by atoms with Crippen molar-refractivity contribution < 1.29 is 4.42 Å². The molecule has 1 aliphatic heterocycles. The van der Waals surface area contributed by atoms with Gasteiger partial charge >= 0.3 is 0 Å². The molecule has 0 aliphatic carbocycles. The van der Waals surface area contributed by atoms with Gasteiger partial charge < -0.3 is 19.2 Å². The number of thioether (sulfide) groups is 1. The van der Waals surface area contributed by atoms with E-state index >= 15 is 0 Å². The first kappa shape index (κ1) is 17.2. The smallest absolute Gasteiger partial charge is 0.280 e. The number of aromatic nitrogens is 4. The van der Waals surface area contributed by atoms with E-state index in [1.807, 2.05) is 23.6 Å². The van der Waals surface area contributed by atoms with Gasteiger partial charge in [0.2, 0.25) is 5.95 Å². The Hall–Kier alpha value is -2.26. The second-order valence-corrected chi connectivity index (χ2v) is 7.13. The molecule has 1 aliphatic rings. The first-order valence-corrected chi connectivity index (χ1v) is 9.75. The molecule has 138 valence electrons. The van der Waals surface area contributed by atoms with Crippen molar-refractivity contribution in [3.05, 3.63) is 34.5 Å². The molecule has 0 atom stereocenters. The van der Waals surface area contributed by atoms with Crippen molar-refractivity contribution in [1.82, 2.24) is 24.4 Å². The van der Waals surface area contributed by atoms with E-state index in [9.17, 15) is 4.79 Å². The van der Waals surface area contributed by atoms with Crippen LogP contribution in [0.5, 0.6) is 0 Å². The molecule has 1 saturated heterocycles. The van der Waals surface area contributed by atoms with Crippen LogP contribution < -0.4 is 15.8 Å². The second kappa shape index (κ2) is 7.16. The number of nitrogens with zero attached hydrogens (tertiary/aromatic N) is 5. The lowest BCUT2D eigenvalue weighted by molar-refractivity contribution is 0.530. The lowest BCUT2D eigenvalue weighted by atomic mass is 10.4. The SMILES string of the molecule is CCn1c(N2CCNCC2)nc2nc(SCc3ccco3)n(C)c(=O)c21. The summed E-state index contributed by atoms with van der Waals surface area (Å²) in [7, 11) is 1.76. The zero-order valence-electron chi connectivity index (χ0n) is 14.9. The molecule has 26 heavy (non-hydrogen) atoms.